The van der Waals surface area contributed by atoms with Crippen molar-refractivity contribution in [3.05, 3.63) is 28.5 Å². The summed E-state index contributed by atoms with van der Waals surface area (Å²) < 4.78 is 6.09. The van der Waals surface area contributed by atoms with Crippen molar-refractivity contribution in [1.82, 2.24) is 9.88 Å². The molecule has 1 aliphatic rings. The number of nitrogens with zero attached hydrogens (tertiary/aromatic N) is 1. The summed E-state index contributed by atoms with van der Waals surface area (Å²) in [4.78, 5) is 17.0. The standard InChI is InChI=1S/C12H16N2O2S/c1-8-6-14(7-9(2)16-8)12(15)10-4-3-5-13-11(10)17/h3-5,8-9H,6-7H2,1-2H3,(H,13,17). The molecule has 2 atom stereocenters. The van der Waals surface area contributed by atoms with Crippen LogP contribution in [0.4, 0.5) is 0 Å². The Labute approximate surface area is 106 Å². The van der Waals surface area contributed by atoms with Gasteiger partial charge in [-0.1, -0.05) is 12.2 Å². The molecule has 92 valence electrons. The lowest BCUT2D eigenvalue weighted by Crippen LogP contribution is -2.48. The highest BCUT2D eigenvalue weighted by molar-refractivity contribution is 7.71. The van der Waals surface area contributed by atoms with E-state index in [2.05, 4.69) is 4.98 Å². The Bertz CT molecular complexity index is 462. The van der Waals surface area contributed by atoms with Crippen molar-refractivity contribution in [2.24, 2.45) is 0 Å². The van der Waals surface area contributed by atoms with Crippen LogP contribution in [-0.2, 0) is 4.74 Å². The van der Waals surface area contributed by atoms with Gasteiger partial charge in [0.15, 0.2) is 0 Å². The molecule has 1 aromatic heterocycles. The monoisotopic (exact) mass is 252 g/mol. The summed E-state index contributed by atoms with van der Waals surface area (Å²) in [7, 11) is 0. The quantitative estimate of drug-likeness (QED) is 0.777. The number of rotatable bonds is 1. The first-order valence-electron chi connectivity index (χ1n) is 5.70. The number of ether oxygens (including phenoxy) is 1. The molecular formula is C12H16N2O2S. The van der Waals surface area contributed by atoms with Gasteiger partial charge in [0.2, 0.25) is 0 Å². The first kappa shape index (κ1) is 12.3. The average Bonchev–Trinajstić information content (AvgIpc) is 2.27. The van der Waals surface area contributed by atoms with Gasteiger partial charge in [0.25, 0.3) is 5.91 Å². The molecule has 0 saturated carbocycles. The van der Waals surface area contributed by atoms with Crippen LogP contribution in [0.15, 0.2) is 18.3 Å². The molecule has 17 heavy (non-hydrogen) atoms. The van der Waals surface area contributed by atoms with Crippen LogP contribution in [-0.4, -0.2) is 41.1 Å². The van der Waals surface area contributed by atoms with Gasteiger partial charge in [0, 0.05) is 19.3 Å². The van der Waals surface area contributed by atoms with Crippen molar-refractivity contribution in [3.8, 4) is 0 Å². The van der Waals surface area contributed by atoms with E-state index in [0.717, 1.165) is 0 Å². The lowest BCUT2D eigenvalue weighted by atomic mass is 10.2. The van der Waals surface area contributed by atoms with Crippen LogP contribution in [0, 0.1) is 4.64 Å². The zero-order valence-corrected chi connectivity index (χ0v) is 10.8. The van der Waals surface area contributed by atoms with Crippen molar-refractivity contribution < 1.29 is 9.53 Å². The highest BCUT2D eigenvalue weighted by Gasteiger charge is 2.26. The third-order valence-electron chi connectivity index (χ3n) is 2.76. The van der Waals surface area contributed by atoms with Gasteiger partial charge >= 0.3 is 0 Å². The molecule has 0 aliphatic carbocycles. The van der Waals surface area contributed by atoms with E-state index >= 15 is 0 Å². The number of nitrogens with one attached hydrogen (secondary N) is 1. The molecule has 1 aliphatic heterocycles. The molecule has 2 unspecified atom stereocenters. The second-order valence-electron chi connectivity index (χ2n) is 4.38. The lowest BCUT2D eigenvalue weighted by Gasteiger charge is -2.35. The number of amides is 1. The summed E-state index contributed by atoms with van der Waals surface area (Å²) in [6.45, 7) is 5.18. The van der Waals surface area contributed by atoms with E-state index < -0.39 is 0 Å². The predicted molar refractivity (Wildman–Crippen MR) is 67.5 cm³/mol. The molecule has 0 spiro atoms. The number of H-pyrrole nitrogens is 1. The highest BCUT2D eigenvalue weighted by Crippen LogP contribution is 2.14. The first-order valence-corrected chi connectivity index (χ1v) is 6.11. The zero-order chi connectivity index (χ0) is 12.4. The van der Waals surface area contributed by atoms with Crippen LogP contribution in [0.5, 0.6) is 0 Å². The molecule has 4 nitrogen and oxygen atoms in total. The van der Waals surface area contributed by atoms with Crippen molar-refractivity contribution in [1.29, 1.82) is 0 Å². The number of hydrogen-bond acceptors (Lipinski definition) is 3. The molecule has 1 amide bonds. The second-order valence-corrected chi connectivity index (χ2v) is 4.79. The molecule has 5 heteroatoms. The number of pyridine rings is 1. The third kappa shape index (κ3) is 2.73. The van der Waals surface area contributed by atoms with Crippen LogP contribution in [0.25, 0.3) is 0 Å². The molecule has 1 fully saturated rings. The normalized spacial score (nSPS) is 24.7. The van der Waals surface area contributed by atoms with Gasteiger partial charge in [-0.3, -0.25) is 4.79 Å². The van der Waals surface area contributed by atoms with Crippen LogP contribution in [0.1, 0.15) is 24.2 Å². The van der Waals surface area contributed by atoms with Gasteiger partial charge < -0.3 is 14.6 Å². The van der Waals surface area contributed by atoms with Crippen molar-refractivity contribution in [3.63, 3.8) is 0 Å². The van der Waals surface area contributed by atoms with Gasteiger partial charge in [0.1, 0.15) is 4.64 Å². The zero-order valence-electron chi connectivity index (χ0n) is 9.97. The fourth-order valence-electron chi connectivity index (χ4n) is 2.10. The van der Waals surface area contributed by atoms with Crippen LogP contribution in [0.3, 0.4) is 0 Å². The predicted octanol–water partition coefficient (Wildman–Crippen LogP) is 1.99. The van der Waals surface area contributed by atoms with Gasteiger partial charge in [-0.2, -0.15) is 0 Å². The SMILES string of the molecule is CC1CN(C(=O)c2ccc[nH]c2=S)CC(C)O1. The molecule has 2 heterocycles. The summed E-state index contributed by atoms with van der Waals surface area (Å²) in [6.07, 6.45) is 1.87. The summed E-state index contributed by atoms with van der Waals surface area (Å²) in [5.41, 5.74) is 0.559. The Balaban J connectivity index is 2.20. The van der Waals surface area contributed by atoms with E-state index in [-0.39, 0.29) is 18.1 Å². The maximum Gasteiger partial charge on any atom is 0.257 e. The fourth-order valence-corrected chi connectivity index (χ4v) is 2.33. The minimum atomic E-state index is -0.0196. The number of aromatic amines is 1. The minimum absolute atomic E-state index is 0.0196. The maximum absolute atomic E-state index is 12.3. The Morgan fingerprint density at radius 1 is 1.47 bits per heavy atom. The molecule has 0 bridgehead atoms. The smallest absolute Gasteiger partial charge is 0.257 e. The van der Waals surface area contributed by atoms with Gasteiger partial charge in [-0.15, -0.1) is 0 Å². The summed E-state index contributed by atoms with van der Waals surface area (Å²) in [5, 5.41) is 0. The first-order chi connectivity index (χ1) is 8.08. The number of carbonyl (C=O) groups is 1. The van der Waals surface area contributed by atoms with Crippen LogP contribution in [0.2, 0.25) is 0 Å². The third-order valence-corrected chi connectivity index (χ3v) is 3.09. The van der Waals surface area contributed by atoms with E-state index in [9.17, 15) is 4.79 Å². The number of aromatic nitrogens is 1. The highest BCUT2D eigenvalue weighted by atomic mass is 32.1. The minimum Gasteiger partial charge on any atom is -0.372 e. The van der Waals surface area contributed by atoms with Gasteiger partial charge in [0.05, 0.1) is 17.8 Å². The molecule has 1 saturated heterocycles. The van der Waals surface area contributed by atoms with Crippen LogP contribution < -0.4 is 0 Å². The maximum atomic E-state index is 12.3. The average molecular weight is 252 g/mol. The van der Waals surface area contributed by atoms with E-state index in [1.807, 2.05) is 13.8 Å². The van der Waals surface area contributed by atoms with E-state index in [4.69, 9.17) is 17.0 Å². The van der Waals surface area contributed by atoms with E-state index in [1.54, 1.807) is 23.2 Å². The van der Waals surface area contributed by atoms with E-state index in [1.165, 1.54) is 0 Å². The largest absolute Gasteiger partial charge is 0.372 e. The van der Waals surface area contributed by atoms with Crippen molar-refractivity contribution in [2.45, 2.75) is 26.1 Å². The van der Waals surface area contributed by atoms with Gasteiger partial charge in [-0.05, 0) is 26.0 Å². The summed E-state index contributed by atoms with van der Waals surface area (Å²) in [5.74, 6) is -0.0196. The molecule has 0 aromatic carbocycles. The molecule has 1 aromatic rings. The Morgan fingerprint density at radius 3 is 2.71 bits per heavy atom. The van der Waals surface area contributed by atoms with Crippen molar-refractivity contribution in [2.75, 3.05) is 13.1 Å². The molecule has 0 radical (unpaired) electrons. The summed E-state index contributed by atoms with van der Waals surface area (Å²) >= 11 is 5.12. The Hall–Kier alpha value is -1.20. The van der Waals surface area contributed by atoms with Gasteiger partial charge in [-0.25, -0.2) is 0 Å². The summed E-state index contributed by atoms with van der Waals surface area (Å²) in [6, 6.07) is 3.54. The Morgan fingerprint density at radius 2 is 2.12 bits per heavy atom. The second kappa shape index (κ2) is 4.98. The van der Waals surface area contributed by atoms with Crippen molar-refractivity contribution >= 4 is 18.1 Å². The molecular weight excluding hydrogens is 236 g/mol. The number of hydrogen-bond donors (Lipinski definition) is 1. The lowest BCUT2D eigenvalue weighted by molar-refractivity contribution is -0.0586. The fraction of sp³-hybridized carbons (Fsp3) is 0.500. The molecule has 1 N–H and O–H groups in total. The van der Waals surface area contributed by atoms with E-state index in [0.29, 0.717) is 23.3 Å². The Kier molecular flexibility index (Phi) is 3.59. The topological polar surface area (TPSA) is 45.3 Å². The van der Waals surface area contributed by atoms with Crippen LogP contribution >= 0.6 is 12.2 Å². The number of carbonyl (C=O) groups excluding carboxylic acids is 1. The number of morpholine rings is 1. The molecule has 2 rings (SSSR count).